The molecule has 7 heteroatoms. The zero-order valence-electron chi connectivity index (χ0n) is 11.0. The Balaban J connectivity index is 2.15. The molecular weight excluding hydrogens is 234 g/mol. The van der Waals surface area contributed by atoms with E-state index in [9.17, 15) is 0 Å². The lowest BCUT2D eigenvalue weighted by molar-refractivity contribution is 0.121. The Morgan fingerprint density at radius 1 is 1.33 bits per heavy atom. The quantitative estimate of drug-likeness (QED) is 0.834. The van der Waals surface area contributed by atoms with Crippen molar-refractivity contribution < 1.29 is 9.47 Å². The first-order valence-corrected chi connectivity index (χ1v) is 6.04. The number of nitrogens with two attached hydrogens (primary N) is 1. The third kappa shape index (κ3) is 2.98. The fourth-order valence-corrected chi connectivity index (χ4v) is 1.87. The van der Waals surface area contributed by atoms with Gasteiger partial charge < -0.3 is 20.1 Å². The van der Waals surface area contributed by atoms with Crippen LogP contribution in [0.4, 0.5) is 11.9 Å². The van der Waals surface area contributed by atoms with E-state index in [1.807, 2.05) is 18.7 Å². The van der Waals surface area contributed by atoms with E-state index in [-0.39, 0.29) is 24.2 Å². The lowest BCUT2D eigenvalue weighted by Gasteiger charge is -2.17. The minimum Gasteiger partial charge on any atom is -0.461 e. The van der Waals surface area contributed by atoms with Crippen LogP contribution in [0.3, 0.4) is 0 Å². The van der Waals surface area contributed by atoms with Crippen molar-refractivity contribution in [2.75, 3.05) is 30.8 Å². The maximum absolute atomic E-state index is 5.67. The molecule has 100 valence electrons. The van der Waals surface area contributed by atoms with Crippen molar-refractivity contribution in [2.24, 2.45) is 0 Å². The van der Waals surface area contributed by atoms with Gasteiger partial charge in [0.2, 0.25) is 11.9 Å². The fourth-order valence-electron chi connectivity index (χ4n) is 1.87. The number of nitrogens with zero attached hydrogens (tertiary/aromatic N) is 4. The molecule has 0 spiro atoms. The van der Waals surface area contributed by atoms with E-state index in [0.29, 0.717) is 5.95 Å². The van der Waals surface area contributed by atoms with Gasteiger partial charge in [0.1, 0.15) is 0 Å². The van der Waals surface area contributed by atoms with E-state index < -0.39 is 0 Å². The zero-order valence-corrected chi connectivity index (χ0v) is 11.0. The van der Waals surface area contributed by atoms with Gasteiger partial charge >= 0.3 is 6.01 Å². The molecule has 1 saturated heterocycles. The fraction of sp³-hybridized carbons (Fsp3) is 0.727. The molecule has 0 saturated carbocycles. The monoisotopic (exact) mass is 253 g/mol. The van der Waals surface area contributed by atoms with Gasteiger partial charge in [0.15, 0.2) is 0 Å². The van der Waals surface area contributed by atoms with Crippen LogP contribution < -0.4 is 15.4 Å². The summed E-state index contributed by atoms with van der Waals surface area (Å²) >= 11 is 0. The van der Waals surface area contributed by atoms with Crippen molar-refractivity contribution in [3.8, 4) is 6.01 Å². The summed E-state index contributed by atoms with van der Waals surface area (Å²) in [7, 11) is 1.71. The summed E-state index contributed by atoms with van der Waals surface area (Å²) in [6.45, 7) is 5.44. The predicted octanol–water partition coefficient (Wildman–Crippen LogP) is 0.466. The molecule has 1 aliphatic heterocycles. The van der Waals surface area contributed by atoms with Gasteiger partial charge in [-0.25, -0.2) is 0 Å². The number of hydrogen-bond acceptors (Lipinski definition) is 7. The van der Waals surface area contributed by atoms with Crippen molar-refractivity contribution in [2.45, 2.75) is 32.5 Å². The second kappa shape index (κ2) is 5.34. The SMILES string of the molecule is COC1CCN(c2nc(N)nc(OC(C)C)n2)C1. The maximum Gasteiger partial charge on any atom is 0.323 e. The Bertz CT molecular complexity index is 412. The molecule has 2 heterocycles. The second-order valence-electron chi connectivity index (χ2n) is 4.54. The minimum absolute atomic E-state index is 0.00458. The summed E-state index contributed by atoms with van der Waals surface area (Å²) < 4.78 is 10.8. The van der Waals surface area contributed by atoms with Crippen molar-refractivity contribution >= 4 is 11.9 Å². The summed E-state index contributed by atoms with van der Waals surface area (Å²) in [5.41, 5.74) is 5.67. The van der Waals surface area contributed by atoms with E-state index >= 15 is 0 Å². The van der Waals surface area contributed by atoms with E-state index in [0.717, 1.165) is 19.5 Å². The summed E-state index contributed by atoms with van der Waals surface area (Å²) in [6.07, 6.45) is 1.19. The lowest BCUT2D eigenvalue weighted by Crippen LogP contribution is -2.25. The molecule has 1 aromatic heterocycles. The van der Waals surface area contributed by atoms with Crippen LogP contribution in [-0.4, -0.2) is 47.4 Å². The summed E-state index contributed by atoms with van der Waals surface area (Å²) in [5, 5.41) is 0. The van der Waals surface area contributed by atoms with Gasteiger partial charge in [-0.2, -0.15) is 15.0 Å². The summed E-state index contributed by atoms with van der Waals surface area (Å²) in [5.74, 6) is 0.731. The Morgan fingerprint density at radius 3 is 2.72 bits per heavy atom. The number of methoxy groups -OCH3 is 1. The van der Waals surface area contributed by atoms with E-state index in [1.54, 1.807) is 7.11 Å². The third-order valence-corrected chi connectivity index (χ3v) is 2.72. The number of anilines is 2. The van der Waals surface area contributed by atoms with Crippen molar-refractivity contribution in [3.05, 3.63) is 0 Å². The molecule has 1 unspecified atom stereocenters. The van der Waals surface area contributed by atoms with Crippen molar-refractivity contribution in [1.82, 2.24) is 15.0 Å². The molecule has 0 aliphatic carbocycles. The molecule has 2 N–H and O–H groups in total. The molecule has 1 atom stereocenters. The van der Waals surface area contributed by atoms with Crippen LogP contribution in [0.15, 0.2) is 0 Å². The van der Waals surface area contributed by atoms with Crippen LogP contribution in [0.25, 0.3) is 0 Å². The molecule has 0 bridgehead atoms. The van der Waals surface area contributed by atoms with Crippen molar-refractivity contribution in [3.63, 3.8) is 0 Å². The highest BCUT2D eigenvalue weighted by atomic mass is 16.5. The van der Waals surface area contributed by atoms with E-state index in [4.69, 9.17) is 15.2 Å². The van der Waals surface area contributed by atoms with E-state index in [1.165, 1.54) is 0 Å². The minimum atomic E-state index is 0.00458. The van der Waals surface area contributed by atoms with Gasteiger partial charge in [-0.15, -0.1) is 0 Å². The Hall–Kier alpha value is -1.63. The average molecular weight is 253 g/mol. The number of aromatic nitrogens is 3. The number of hydrogen-bond donors (Lipinski definition) is 1. The molecule has 1 aliphatic rings. The normalized spacial score (nSPS) is 19.6. The molecule has 0 amide bonds. The van der Waals surface area contributed by atoms with Gasteiger partial charge in [0, 0.05) is 20.2 Å². The third-order valence-electron chi connectivity index (χ3n) is 2.72. The van der Waals surface area contributed by atoms with Crippen LogP contribution in [0.1, 0.15) is 20.3 Å². The van der Waals surface area contributed by atoms with Crippen LogP contribution in [0, 0.1) is 0 Å². The van der Waals surface area contributed by atoms with Crippen LogP contribution in [0.5, 0.6) is 6.01 Å². The largest absolute Gasteiger partial charge is 0.461 e. The first kappa shape index (κ1) is 12.8. The molecule has 7 nitrogen and oxygen atoms in total. The zero-order chi connectivity index (χ0) is 13.1. The molecule has 0 aromatic carbocycles. The Labute approximate surface area is 106 Å². The van der Waals surface area contributed by atoms with Gasteiger partial charge in [0.25, 0.3) is 0 Å². The highest BCUT2D eigenvalue weighted by Crippen LogP contribution is 2.20. The van der Waals surface area contributed by atoms with Gasteiger partial charge in [-0.1, -0.05) is 0 Å². The molecule has 2 rings (SSSR count). The topological polar surface area (TPSA) is 86.4 Å². The molecule has 1 aromatic rings. The highest BCUT2D eigenvalue weighted by Gasteiger charge is 2.25. The lowest BCUT2D eigenvalue weighted by atomic mass is 10.3. The standard InChI is InChI=1S/C11H19N5O2/c1-7(2)18-11-14-9(12)13-10(15-11)16-5-4-8(6-16)17-3/h7-8H,4-6H2,1-3H3,(H2,12,13,14,15). The van der Waals surface area contributed by atoms with Crippen molar-refractivity contribution in [1.29, 1.82) is 0 Å². The van der Waals surface area contributed by atoms with Crippen LogP contribution in [0.2, 0.25) is 0 Å². The summed E-state index contributed by atoms with van der Waals surface area (Å²) in [4.78, 5) is 14.4. The average Bonchev–Trinajstić information content (AvgIpc) is 2.75. The number of rotatable bonds is 4. The van der Waals surface area contributed by atoms with Gasteiger partial charge in [-0.05, 0) is 20.3 Å². The molecule has 0 radical (unpaired) electrons. The second-order valence-corrected chi connectivity index (χ2v) is 4.54. The smallest absolute Gasteiger partial charge is 0.323 e. The predicted molar refractivity (Wildman–Crippen MR) is 67.6 cm³/mol. The first-order chi connectivity index (χ1) is 8.58. The Morgan fingerprint density at radius 2 is 2.11 bits per heavy atom. The summed E-state index contributed by atoms with van der Waals surface area (Å²) in [6, 6.07) is 0.272. The number of nitrogen functional groups attached to an aromatic ring is 1. The molecular formula is C11H19N5O2. The molecule has 1 fully saturated rings. The first-order valence-electron chi connectivity index (χ1n) is 6.04. The van der Waals surface area contributed by atoms with Crippen LogP contribution in [-0.2, 0) is 4.74 Å². The maximum atomic E-state index is 5.67. The van der Waals surface area contributed by atoms with Gasteiger partial charge in [0.05, 0.1) is 12.2 Å². The van der Waals surface area contributed by atoms with Gasteiger partial charge in [-0.3, -0.25) is 0 Å². The van der Waals surface area contributed by atoms with E-state index in [2.05, 4.69) is 15.0 Å². The number of ether oxygens (including phenoxy) is 2. The molecule has 18 heavy (non-hydrogen) atoms. The Kier molecular flexibility index (Phi) is 3.81. The highest BCUT2D eigenvalue weighted by molar-refractivity contribution is 5.37. The van der Waals surface area contributed by atoms with Crippen LogP contribution >= 0.6 is 0 Å².